The third-order valence-corrected chi connectivity index (χ3v) is 4.84. The first kappa shape index (κ1) is 16.3. The molecule has 3 aromatic rings. The zero-order valence-corrected chi connectivity index (χ0v) is 13.4. The number of phenols is 1. The molecule has 0 amide bonds. The van der Waals surface area contributed by atoms with Crippen molar-refractivity contribution < 1.29 is 23.8 Å². The van der Waals surface area contributed by atoms with E-state index in [1.54, 1.807) is 17.7 Å². The van der Waals surface area contributed by atoms with Gasteiger partial charge >= 0.3 is 5.97 Å². The molecule has 0 fully saturated rings. The second-order valence-corrected chi connectivity index (χ2v) is 6.27. The number of aromatic nitrogens is 1. The highest BCUT2D eigenvalue weighted by Crippen LogP contribution is 2.33. The van der Waals surface area contributed by atoms with E-state index in [4.69, 9.17) is 0 Å². The highest BCUT2D eigenvalue weighted by molar-refractivity contribution is 7.98. The number of aromatic hydroxyl groups is 1. The van der Waals surface area contributed by atoms with Gasteiger partial charge in [-0.25, -0.2) is 13.6 Å². The van der Waals surface area contributed by atoms with Gasteiger partial charge in [0.1, 0.15) is 17.4 Å². The molecule has 124 valence electrons. The van der Waals surface area contributed by atoms with Crippen molar-refractivity contribution in [2.75, 3.05) is 0 Å². The van der Waals surface area contributed by atoms with Crippen LogP contribution in [-0.2, 0) is 12.8 Å². The molecule has 0 saturated heterocycles. The van der Waals surface area contributed by atoms with Crippen LogP contribution in [-0.4, -0.2) is 20.7 Å². The van der Waals surface area contributed by atoms with Gasteiger partial charge in [-0.05, 0) is 30.3 Å². The van der Waals surface area contributed by atoms with E-state index in [9.17, 15) is 23.8 Å². The number of carboxylic acids is 1. The lowest BCUT2D eigenvalue weighted by Crippen LogP contribution is -2.03. The maximum absolute atomic E-state index is 13.8. The van der Waals surface area contributed by atoms with E-state index in [1.807, 2.05) is 0 Å². The van der Waals surface area contributed by atoms with Gasteiger partial charge in [-0.3, -0.25) is 0 Å². The number of thioether (sulfide) groups is 1. The average molecular weight is 349 g/mol. The summed E-state index contributed by atoms with van der Waals surface area (Å²) in [6.07, 6.45) is 0. The van der Waals surface area contributed by atoms with Crippen LogP contribution in [0.1, 0.15) is 16.1 Å². The first-order valence-corrected chi connectivity index (χ1v) is 7.98. The molecular weight excluding hydrogens is 336 g/mol. The van der Waals surface area contributed by atoms with E-state index in [1.165, 1.54) is 18.2 Å². The second-order valence-electron chi connectivity index (χ2n) is 5.25. The summed E-state index contributed by atoms with van der Waals surface area (Å²) in [4.78, 5) is 11.9. The van der Waals surface area contributed by atoms with Gasteiger partial charge in [-0.1, -0.05) is 0 Å². The van der Waals surface area contributed by atoms with Crippen molar-refractivity contribution in [3.05, 3.63) is 59.3 Å². The van der Waals surface area contributed by atoms with Crippen molar-refractivity contribution in [1.29, 1.82) is 0 Å². The number of phenolic OH excluding ortho intramolecular Hbond substituents is 1. The minimum atomic E-state index is -1.12. The number of aryl methyl sites for hydroxylation is 1. The van der Waals surface area contributed by atoms with E-state index < -0.39 is 17.6 Å². The van der Waals surface area contributed by atoms with E-state index in [0.29, 0.717) is 16.6 Å². The van der Waals surface area contributed by atoms with Crippen molar-refractivity contribution >= 4 is 28.6 Å². The van der Waals surface area contributed by atoms with Crippen LogP contribution in [0.2, 0.25) is 0 Å². The minimum Gasteiger partial charge on any atom is -0.508 e. The van der Waals surface area contributed by atoms with Crippen LogP contribution >= 0.6 is 11.8 Å². The molecular formula is C17H13F2NO3S. The quantitative estimate of drug-likeness (QED) is 0.695. The monoisotopic (exact) mass is 349 g/mol. The molecule has 3 rings (SSSR count). The average Bonchev–Trinajstić information content (AvgIpc) is 2.78. The molecule has 0 aliphatic rings. The van der Waals surface area contributed by atoms with E-state index >= 15 is 0 Å². The Morgan fingerprint density at radius 2 is 1.96 bits per heavy atom. The predicted octanol–water partition coefficient (Wildman–Crippen LogP) is 4.15. The number of nitrogens with zero attached hydrogens (tertiary/aromatic N) is 1. The summed E-state index contributed by atoms with van der Waals surface area (Å²) in [7, 11) is 1.71. The second kappa shape index (κ2) is 6.16. The Bertz CT molecular complexity index is 953. The van der Waals surface area contributed by atoms with Crippen molar-refractivity contribution in [3.63, 3.8) is 0 Å². The first-order chi connectivity index (χ1) is 11.4. The molecule has 0 aliphatic heterocycles. The largest absolute Gasteiger partial charge is 0.508 e. The molecule has 0 bridgehead atoms. The number of benzene rings is 2. The van der Waals surface area contributed by atoms with Gasteiger partial charge in [0.15, 0.2) is 0 Å². The number of rotatable bonds is 4. The van der Waals surface area contributed by atoms with Crippen LogP contribution in [0.5, 0.6) is 5.75 Å². The van der Waals surface area contributed by atoms with Gasteiger partial charge in [0.25, 0.3) is 0 Å². The normalized spacial score (nSPS) is 11.1. The zero-order chi connectivity index (χ0) is 17.4. The lowest BCUT2D eigenvalue weighted by Gasteiger charge is -2.07. The zero-order valence-electron chi connectivity index (χ0n) is 12.6. The molecule has 0 saturated carbocycles. The molecule has 0 aliphatic carbocycles. The van der Waals surface area contributed by atoms with Crippen LogP contribution in [0.4, 0.5) is 8.78 Å². The van der Waals surface area contributed by atoms with Gasteiger partial charge in [-0.15, -0.1) is 11.8 Å². The summed E-state index contributed by atoms with van der Waals surface area (Å²) >= 11 is 1.09. The number of halogens is 2. The maximum Gasteiger partial charge on any atom is 0.338 e. The van der Waals surface area contributed by atoms with E-state index in [-0.39, 0.29) is 22.0 Å². The number of carboxylic acid groups (broad SMARTS) is 1. The summed E-state index contributed by atoms with van der Waals surface area (Å²) in [5.41, 5.74) is 1.20. The number of hydrogen-bond acceptors (Lipinski definition) is 3. The summed E-state index contributed by atoms with van der Waals surface area (Å²) in [5, 5.41) is 19.6. The fourth-order valence-corrected chi connectivity index (χ4v) is 3.62. The van der Waals surface area contributed by atoms with Crippen LogP contribution in [0.3, 0.4) is 0 Å². The van der Waals surface area contributed by atoms with Crippen LogP contribution < -0.4 is 0 Å². The Hall–Kier alpha value is -2.54. The van der Waals surface area contributed by atoms with Crippen molar-refractivity contribution in [1.82, 2.24) is 4.57 Å². The van der Waals surface area contributed by atoms with Gasteiger partial charge in [0, 0.05) is 40.4 Å². The van der Waals surface area contributed by atoms with Crippen molar-refractivity contribution in [2.24, 2.45) is 7.05 Å². The predicted molar refractivity (Wildman–Crippen MR) is 87.5 cm³/mol. The summed E-state index contributed by atoms with van der Waals surface area (Å²) in [5.74, 6) is -2.31. The third-order valence-electron chi connectivity index (χ3n) is 3.78. The van der Waals surface area contributed by atoms with E-state index in [2.05, 4.69) is 0 Å². The number of fused-ring (bicyclic) bond motifs is 1. The lowest BCUT2D eigenvalue weighted by molar-refractivity contribution is 0.0698. The van der Waals surface area contributed by atoms with Gasteiger partial charge in [0.2, 0.25) is 0 Å². The minimum absolute atomic E-state index is 0.0283. The van der Waals surface area contributed by atoms with Crippen LogP contribution in [0, 0.1) is 11.6 Å². The van der Waals surface area contributed by atoms with Gasteiger partial charge in [0.05, 0.1) is 5.56 Å². The summed E-state index contributed by atoms with van der Waals surface area (Å²) in [6, 6.07) is 7.77. The standard InChI is InChI=1S/C17H13F2NO3S/c1-20-13-4-3-10(21)7-11(13)16(17(22)23)14(20)8-24-15-5-2-9(18)6-12(15)19/h2-7,21H,8H2,1H3,(H,22,23). The molecule has 7 heteroatoms. The van der Waals surface area contributed by atoms with E-state index in [0.717, 1.165) is 23.9 Å². The van der Waals surface area contributed by atoms with Gasteiger partial charge < -0.3 is 14.8 Å². The molecule has 0 radical (unpaired) electrons. The Balaban J connectivity index is 2.04. The molecule has 24 heavy (non-hydrogen) atoms. The smallest absolute Gasteiger partial charge is 0.338 e. The molecule has 1 heterocycles. The Kier molecular flexibility index (Phi) is 4.19. The third kappa shape index (κ3) is 2.82. The maximum atomic E-state index is 13.8. The number of hydrogen-bond donors (Lipinski definition) is 2. The molecule has 2 N–H and O–H groups in total. The van der Waals surface area contributed by atoms with Crippen molar-refractivity contribution in [2.45, 2.75) is 10.6 Å². The van der Waals surface area contributed by atoms with Gasteiger partial charge in [-0.2, -0.15) is 0 Å². The molecule has 0 atom stereocenters. The fourth-order valence-electron chi connectivity index (χ4n) is 2.63. The highest BCUT2D eigenvalue weighted by Gasteiger charge is 2.21. The molecule has 0 unspecified atom stereocenters. The lowest BCUT2D eigenvalue weighted by atomic mass is 10.1. The summed E-state index contributed by atoms with van der Waals surface area (Å²) < 4.78 is 28.4. The Labute approximate surface area is 140 Å². The molecule has 2 aromatic carbocycles. The van der Waals surface area contributed by atoms with Crippen LogP contribution in [0.25, 0.3) is 10.9 Å². The van der Waals surface area contributed by atoms with Crippen molar-refractivity contribution in [3.8, 4) is 5.75 Å². The number of aromatic carboxylic acids is 1. The highest BCUT2D eigenvalue weighted by atomic mass is 32.2. The fraction of sp³-hybridized carbons (Fsp3) is 0.118. The van der Waals surface area contributed by atoms with Crippen LogP contribution in [0.15, 0.2) is 41.3 Å². The number of carbonyl (C=O) groups is 1. The molecule has 0 spiro atoms. The molecule has 1 aromatic heterocycles. The molecule has 4 nitrogen and oxygen atoms in total. The SMILES string of the molecule is Cn1c(CSc2ccc(F)cc2F)c(C(=O)O)c2cc(O)ccc21. The Morgan fingerprint density at radius 3 is 2.62 bits per heavy atom. The topological polar surface area (TPSA) is 62.5 Å². The summed E-state index contributed by atoms with van der Waals surface area (Å²) in [6.45, 7) is 0. The first-order valence-electron chi connectivity index (χ1n) is 7.00. The Morgan fingerprint density at radius 1 is 1.21 bits per heavy atom.